The van der Waals surface area contributed by atoms with E-state index in [1.54, 1.807) is 0 Å². The first-order valence-electron chi connectivity index (χ1n) is 10.9. The average Bonchev–Trinajstić information content (AvgIpc) is 3.14. The molecule has 5 nitrogen and oxygen atoms in total. The van der Waals surface area contributed by atoms with Crippen LogP contribution in [0.5, 0.6) is 0 Å². The van der Waals surface area contributed by atoms with Crippen molar-refractivity contribution in [2.45, 2.75) is 31.9 Å². The number of ether oxygens (including phenoxy) is 2. The van der Waals surface area contributed by atoms with Crippen LogP contribution >= 0.6 is 0 Å². The largest absolute Gasteiger partial charge is 0.449 e. The van der Waals surface area contributed by atoms with E-state index in [2.05, 4.69) is 29.6 Å². The highest BCUT2D eigenvalue weighted by molar-refractivity contribution is 5.85. The van der Waals surface area contributed by atoms with Gasteiger partial charge in [-0.15, -0.1) is 0 Å². The second-order valence-electron chi connectivity index (χ2n) is 7.96. The Morgan fingerprint density at radius 2 is 1.47 bits per heavy atom. The van der Waals surface area contributed by atoms with Crippen molar-refractivity contribution in [1.82, 2.24) is 5.32 Å². The van der Waals surface area contributed by atoms with Gasteiger partial charge >= 0.3 is 6.09 Å². The van der Waals surface area contributed by atoms with Crippen molar-refractivity contribution in [3.05, 3.63) is 95.6 Å². The molecule has 164 valence electrons. The van der Waals surface area contributed by atoms with E-state index in [4.69, 9.17) is 9.47 Å². The van der Waals surface area contributed by atoms with Gasteiger partial charge in [0.1, 0.15) is 6.61 Å². The SMILES string of the molecule is CC(=O)C(CCOCc1ccccc1)NC(=O)OCC1c2ccccc2-c2ccccc21. The lowest BCUT2D eigenvalue weighted by molar-refractivity contribution is -0.119. The molecule has 1 atom stereocenters. The summed E-state index contributed by atoms with van der Waals surface area (Å²) in [6, 6.07) is 25.6. The van der Waals surface area contributed by atoms with Crippen LogP contribution in [0, 0.1) is 0 Å². The van der Waals surface area contributed by atoms with Gasteiger partial charge in [0.15, 0.2) is 5.78 Å². The number of Topliss-reactive ketones (excluding diaryl/α,β-unsaturated/α-hetero) is 1. The number of fused-ring (bicyclic) bond motifs is 3. The monoisotopic (exact) mass is 429 g/mol. The molecule has 1 N–H and O–H groups in total. The highest BCUT2D eigenvalue weighted by Gasteiger charge is 2.29. The number of benzene rings is 3. The molecule has 32 heavy (non-hydrogen) atoms. The zero-order valence-corrected chi connectivity index (χ0v) is 18.1. The van der Waals surface area contributed by atoms with Crippen molar-refractivity contribution in [1.29, 1.82) is 0 Å². The van der Waals surface area contributed by atoms with Gasteiger partial charge in [-0.2, -0.15) is 0 Å². The second-order valence-corrected chi connectivity index (χ2v) is 7.96. The van der Waals surface area contributed by atoms with E-state index in [9.17, 15) is 9.59 Å². The maximum Gasteiger partial charge on any atom is 0.407 e. The van der Waals surface area contributed by atoms with Gasteiger partial charge in [0.25, 0.3) is 0 Å². The van der Waals surface area contributed by atoms with Gasteiger partial charge in [-0.25, -0.2) is 4.79 Å². The number of ketones is 1. The first-order chi connectivity index (χ1) is 15.6. The van der Waals surface area contributed by atoms with Crippen molar-refractivity contribution in [2.24, 2.45) is 0 Å². The Balaban J connectivity index is 1.30. The maximum absolute atomic E-state index is 12.5. The summed E-state index contributed by atoms with van der Waals surface area (Å²) in [5.74, 6) is -0.139. The molecule has 0 saturated carbocycles. The number of nitrogens with one attached hydrogen (secondary N) is 1. The molecular formula is C27H27NO4. The Bertz CT molecular complexity index is 1030. The summed E-state index contributed by atoms with van der Waals surface area (Å²) in [5, 5.41) is 2.70. The minimum absolute atomic E-state index is 0.0156. The van der Waals surface area contributed by atoms with Crippen molar-refractivity contribution >= 4 is 11.9 Å². The normalized spacial score (nSPS) is 13.2. The molecule has 0 radical (unpaired) electrons. The zero-order valence-electron chi connectivity index (χ0n) is 18.1. The number of amides is 1. The summed E-state index contributed by atoms with van der Waals surface area (Å²) in [6.45, 7) is 2.51. The molecule has 0 spiro atoms. The van der Waals surface area contributed by atoms with E-state index in [0.29, 0.717) is 19.6 Å². The van der Waals surface area contributed by atoms with Gasteiger partial charge in [-0.3, -0.25) is 4.79 Å². The fourth-order valence-electron chi connectivity index (χ4n) is 4.12. The Labute approximate surface area is 188 Å². The standard InChI is InChI=1S/C27H27NO4/c1-19(29)26(15-16-31-17-20-9-3-2-4-10-20)28-27(30)32-18-25-23-13-7-5-11-21(23)22-12-6-8-14-24(22)25/h2-14,25-26H,15-18H2,1H3,(H,28,30). The first kappa shape index (κ1) is 21.8. The molecule has 0 bridgehead atoms. The van der Waals surface area contributed by atoms with Crippen molar-refractivity contribution in [3.63, 3.8) is 0 Å². The van der Waals surface area contributed by atoms with Crippen LogP contribution in [0.25, 0.3) is 11.1 Å². The smallest absolute Gasteiger partial charge is 0.407 e. The molecule has 4 rings (SSSR count). The first-order valence-corrected chi connectivity index (χ1v) is 10.9. The summed E-state index contributed by atoms with van der Waals surface area (Å²) < 4.78 is 11.2. The zero-order chi connectivity index (χ0) is 22.3. The molecule has 0 aliphatic heterocycles. The lowest BCUT2D eigenvalue weighted by atomic mass is 9.98. The second kappa shape index (κ2) is 10.2. The van der Waals surface area contributed by atoms with E-state index in [0.717, 1.165) is 16.7 Å². The molecule has 3 aromatic rings. The molecule has 0 saturated heterocycles. The van der Waals surface area contributed by atoms with Crippen LogP contribution in [0.4, 0.5) is 4.79 Å². The molecule has 1 aliphatic carbocycles. The third-order valence-corrected chi connectivity index (χ3v) is 5.79. The number of carbonyl (C=O) groups excluding carboxylic acids is 2. The average molecular weight is 430 g/mol. The van der Waals surface area contributed by atoms with Crippen LogP contribution < -0.4 is 5.32 Å². The summed E-state index contributed by atoms with van der Waals surface area (Å²) in [6.07, 6.45) is -0.193. The van der Waals surface area contributed by atoms with Crippen LogP contribution in [0.2, 0.25) is 0 Å². The fraction of sp³-hybridized carbons (Fsp3) is 0.259. The molecule has 1 aliphatic rings. The Morgan fingerprint density at radius 3 is 2.09 bits per heavy atom. The number of hydrogen-bond acceptors (Lipinski definition) is 4. The Morgan fingerprint density at radius 1 is 0.875 bits per heavy atom. The predicted octanol–water partition coefficient (Wildman–Crippen LogP) is 5.09. The van der Waals surface area contributed by atoms with E-state index in [-0.39, 0.29) is 18.3 Å². The van der Waals surface area contributed by atoms with Gasteiger partial charge in [-0.1, -0.05) is 78.9 Å². The van der Waals surface area contributed by atoms with E-state index in [1.165, 1.54) is 18.1 Å². The molecule has 1 amide bonds. The molecule has 0 fully saturated rings. The number of carbonyl (C=O) groups is 2. The van der Waals surface area contributed by atoms with Crippen LogP contribution in [0.15, 0.2) is 78.9 Å². The van der Waals surface area contributed by atoms with Crippen molar-refractivity contribution in [2.75, 3.05) is 13.2 Å². The lowest BCUT2D eigenvalue weighted by Crippen LogP contribution is -2.41. The van der Waals surface area contributed by atoms with Crippen LogP contribution in [0.3, 0.4) is 0 Å². The minimum atomic E-state index is -0.638. The van der Waals surface area contributed by atoms with Crippen molar-refractivity contribution in [3.8, 4) is 11.1 Å². The van der Waals surface area contributed by atoms with Gasteiger partial charge in [-0.05, 0) is 41.2 Å². The van der Waals surface area contributed by atoms with E-state index < -0.39 is 12.1 Å². The predicted molar refractivity (Wildman–Crippen MR) is 123 cm³/mol. The number of hydrogen-bond donors (Lipinski definition) is 1. The summed E-state index contributed by atoms with van der Waals surface area (Å²) in [7, 11) is 0. The third-order valence-electron chi connectivity index (χ3n) is 5.79. The van der Waals surface area contributed by atoms with E-state index >= 15 is 0 Å². The highest BCUT2D eigenvalue weighted by Crippen LogP contribution is 2.44. The molecule has 0 aromatic heterocycles. The Kier molecular flexibility index (Phi) is 6.97. The lowest BCUT2D eigenvalue weighted by Gasteiger charge is -2.18. The third kappa shape index (κ3) is 5.06. The molecule has 0 heterocycles. The van der Waals surface area contributed by atoms with Crippen LogP contribution in [0.1, 0.15) is 36.0 Å². The summed E-state index contributed by atoms with van der Waals surface area (Å²) >= 11 is 0. The fourth-order valence-corrected chi connectivity index (χ4v) is 4.12. The quantitative estimate of drug-likeness (QED) is 0.481. The summed E-state index contributed by atoms with van der Waals surface area (Å²) in [5.41, 5.74) is 5.72. The number of alkyl carbamates (subject to hydrolysis) is 1. The topological polar surface area (TPSA) is 64.6 Å². The van der Waals surface area contributed by atoms with Gasteiger partial charge in [0, 0.05) is 12.5 Å². The molecule has 1 unspecified atom stereocenters. The molecular weight excluding hydrogens is 402 g/mol. The van der Waals surface area contributed by atoms with Gasteiger partial charge < -0.3 is 14.8 Å². The highest BCUT2D eigenvalue weighted by atomic mass is 16.5. The van der Waals surface area contributed by atoms with Crippen LogP contribution in [-0.4, -0.2) is 31.1 Å². The number of rotatable bonds is 9. The van der Waals surface area contributed by atoms with E-state index in [1.807, 2.05) is 54.6 Å². The molecule has 5 heteroatoms. The van der Waals surface area contributed by atoms with Gasteiger partial charge in [0.2, 0.25) is 0 Å². The summed E-state index contributed by atoms with van der Waals surface area (Å²) in [4.78, 5) is 24.5. The Hall–Kier alpha value is -3.44. The van der Waals surface area contributed by atoms with Crippen molar-refractivity contribution < 1.29 is 19.1 Å². The van der Waals surface area contributed by atoms with Crippen LogP contribution in [-0.2, 0) is 20.9 Å². The minimum Gasteiger partial charge on any atom is -0.449 e. The molecule has 3 aromatic carbocycles. The van der Waals surface area contributed by atoms with Gasteiger partial charge in [0.05, 0.1) is 12.6 Å². The maximum atomic E-state index is 12.5.